The summed E-state index contributed by atoms with van der Waals surface area (Å²) in [4.78, 5) is 49.6. The van der Waals surface area contributed by atoms with Crippen LogP contribution in [0.25, 0.3) is 22.3 Å². The van der Waals surface area contributed by atoms with Crippen molar-refractivity contribution < 1.29 is 47.3 Å². The zero-order valence-electron chi connectivity index (χ0n) is 42.2. The second kappa shape index (κ2) is 27.4. The van der Waals surface area contributed by atoms with Crippen LogP contribution in [0.5, 0.6) is 5.75 Å². The maximum Gasteiger partial charge on any atom is 0.333 e. The van der Waals surface area contributed by atoms with Crippen LogP contribution in [0.4, 0.5) is 4.39 Å². The number of hydrogen-bond donors (Lipinski definition) is 1. The zero-order chi connectivity index (χ0) is 50.7. The molecule has 0 heterocycles. The van der Waals surface area contributed by atoms with E-state index < -0.39 is 29.3 Å². The largest absolute Gasteiger partial charge is 0.492 e. The minimum absolute atomic E-state index is 0.0646. The summed E-state index contributed by atoms with van der Waals surface area (Å²) in [6, 6.07) is 15.8. The molecule has 4 rings (SSSR count). The lowest BCUT2D eigenvalue weighted by molar-refractivity contribution is -0.150. The fourth-order valence-corrected chi connectivity index (χ4v) is 8.58. The highest BCUT2D eigenvalue weighted by molar-refractivity contribution is 5.88. The number of carbonyl (C=O) groups excluding carboxylic acids is 4. The van der Waals surface area contributed by atoms with Gasteiger partial charge >= 0.3 is 23.9 Å². The van der Waals surface area contributed by atoms with E-state index in [1.54, 1.807) is 19.9 Å². The second-order valence-corrected chi connectivity index (χ2v) is 19.0. The van der Waals surface area contributed by atoms with Gasteiger partial charge in [0.15, 0.2) is 0 Å². The van der Waals surface area contributed by atoms with E-state index in [4.69, 9.17) is 29.4 Å². The lowest BCUT2D eigenvalue weighted by Crippen LogP contribution is -2.45. The number of hydrogen-bond acceptors (Lipinski definition) is 10. The molecule has 1 aliphatic rings. The highest BCUT2D eigenvalue weighted by Crippen LogP contribution is 2.41. The molecule has 3 aromatic carbocycles. The molecule has 0 amide bonds. The standard InChI is InChI=1S/C58H76FNO9/c1-11-13-14-17-42-20-22-44(23-21-42)45-24-26-49(52(59)33-45)51-32-46(18-15-28-65-54(61)38(3)4)50(31-43(51)12-2)47-25-27-53(48(30-47)19-16-29-66-55(62)39(5)6)67-35-58(34-60,36-68-56(63)40(7)8)37-69-57(64)41(9)10/h24-27,30-33,42,44H,3,5,7,9,11-23,28-29,34-37,60H2,1-2,4,6,8,10H3. The maximum absolute atomic E-state index is 16.5. The SMILES string of the molecule is C=C(C)C(=O)OCCCc1cc(-c2cc(CC)c(-c3ccc(C4CCC(CCCCC)CC4)cc3F)cc2CCCOC(=O)C(=C)C)ccc1OCC(CN)(COC(=O)C(=C)C)COC(=O)C(=C)C. The molecule has 0 spiro atoms. The molecule has 374 valence electrons. The molecule has 1 fully saturated rings. The first-order valence-corrected chi connectivity index (χ1v) is 24.6. The van der Waals surface area contributed by atoms with Crippen LogP contribution >= 0.6 is 0 Å². The van der Waals surface area contributed by atoms with Gasteiger partial charge in [-0.25, -0.2) is 23.6 Å². The van der Waals surface area contributed by atoms with Gasteiger partial charge in [0, 0.05) is 34.4 Å². The summed E-state index contributed by atoms with van der Waals surface area (Å²) in [5.41, 5.74) is 13.1. The van der Waals surface area contributed by atoms with Crippen LogP contribution in [0, 0.1) is 17.2 Å². The number of ether oxygens (including phenoxy) is 5. The molecular formula is C58H76FNO9. The molecule has 10 nitrogen and oxygen atoms in total. The van der Waals surface area contributed by atoms with Crippen molar-refractivity contribution in [2.45, 2.75) is 131 Å². The van der Waals surface area contributed by atoms with Gasteiger partial charge in [-0.1, -0.05) is 96.2 Å². The van der Waals surface area contributed by atoms with Crippen molar-refractivity contribution in [3.8, 4) is 28.0 Å². The Bertz CT molecular complexity index is 2290. The Morgan fingerprint density at radius 2 is 1.17 bits per heavy atom. The molecule has 0 aromatic heterocycles. The van der Waals surface area contributed by atoms with Gasteiger partial charge in [-0.3, -0.25) is 0 Å². The molecule has 0 bridgehead atoms. The third-order valence-electron chi connectivity index (χ3n) is 12.9. The molecule has 69 heavy (non-hydrogen) atoms. The number of rotatable bonds is 28. The minimum Gasteiger partial charge on any atom is -0.492 e. The molecule has 0 radical (unpaired) electrons. The summed E-state index contributed by atoms with van der Waals surface area (Å²) >= 11 is 0. The van der Waals surface area contributed by atoms with Gasteiger partial charge in [0.25, 0.3) is 0 Å². The van der Waals surface area contributed by atoms with E-state index in [1.165, 1.54) is 52.4 Å². The lowest BCUT2D eigenvalue weighted by atomic mass is 9.76. The van der Waals surface area contributed by atoms with Crippen molar-refractivity contribution in [1.82, 2.24) is 0 Å². The molecule has 0 unspecified atom stereocenters. The Morgan fingerprint density at radius 1 is 0.623 bits per heavy atom. The summed E-state index contributed by atoms with van der Waals surface area (Å²) in [5.74, 6) is -0.823. The fraction of sp³-hybridized carbons (Fsp3) is 0.483. The minimum atomic E-state index is -1.14. The van der Waals surface area contributed by atoms with E-state index in [1.807, 2.05) is 24.3 Å². The Hall–Kier alpha value is -5.81. The van der Waals surface area contributed by atoms with E-state index in [9.17, 15) is 19.2 Å². The number of esters is 4. The van der Waals surface area contributed by atoms with Crippen molar-refractivity contribution in [2.75, 3.05) is 39.6 Å². The molecule has 1 saturated carbocycles. The highest BCUT2D eigenvalue weighted by atomic mass is 19.1. The average Bonchev–Trinajstić information content (AvgIpc) is 3.33. The van der Waals surface area contributed by atoms with Crippen LogP contribution in [0.3, 0.4) is 0 Å². The molecule has 11 heteroatoms. The number of benzene rings is 3. The topological polar surface area (TPSA) is 140 Å². The predicted octanol–water partition coefficient (Wildman–Crippen LogP) is 12.2. The third kappa shape index (κ3) is 16.7. The van der Waals surface area contributed by atoms with Crippen molar-refractivity contribution in [2.24, 2.45) is 17.1 Å². The van der Waals surface area contributed by atoms with Gasteiger partial charge in [0.2, 0.25) is 0 Å². The number of halogens is 1. The van der Waals surface area contributed by atoms with Crippen LogP contribution in [-0.2, 0) is 57.4 Å². The van der Waals surface area contributed by atoms with E-state index >= 15 is 4.39 Å². The number of unbranched alkanes of at least 4 members (excludes halogenated alkanes) is 2. The van der Waals surface area contributed by atoms with Crippen LogP contribution in [-0.4, -0.2) is 63.5 Å². The summed E-state index contributed by atoms with van der Waals surface area (Å²) in [5, 5.41) is 0. The summed E-state index contributed by atoms with van der Waals surface area (Å²) in [7, 11) is 0. The Balaban J connectivity index is 1.76. The van der Waals surface area contributed by atoms with Gasteiger partial charge in [-0.05, 0) is 154 Å². The van der Waals surface area contributed by atoms with Crippen molar-refractivity contribution >= 4 is 23.9 Å². The Labute approximate surface area is 410 Å². The third-order valence-corrected chi connectivity index (χ3v) is 12.9. The van der Waals surface area contributed by atoms with Gasteiger partial charge in [-0.15, -0.1) is 0 Å². The molecule has 0 atom stereocenters. The van der Waals surface area contributed by atoms with Gasteiger partial charge in [-0.2, -0.15) is 0 Å². The van der Waals surface area contributed by atoms with E-state index in [0.29, 0.717) is 60.5 Å². The predicted molar refractivity (Wildman–Crippen MR) is 272 cm³/mol. The first kappa shape index (κ1) is 55.8. The smallest absolute Gasteiger partial charge is 0.333 e. The lowest BCUT2D eigenvalue weighted by Gasteiger charge is -2.31. The number of aryl methyl sites for hydroxylation is 3. The van der Waals surface area contributed by atoms with E-state index in [0.717, 1.165) is 57.7 Å². The summed E-state index contributed by atoms with van der Waals surface area (Å²) < 4.78 is 45.1. The molecule has 1 aliphatic carbocycles. The van der Waals surface area contributed by atoms with Gasteiger partial charge < -0.3 is 29.4 Å². The van der Waals surface area contributed by atoms with Gasteiger partial charge in [0.05, 0.1) is 18.6 Å². The van der Waals surface area contributed by atoms with Crippen molar-refractivity contribution in [3.05, 3.63) is 125 Å². The first-order valence-electron chi connectivity index (χ1n) is 24.6. The molecule has 2 N–H and O–H groups in total. The molecule has 0 saturated heterocycles. The fourth-order valence-electron chi connectivity index (χ4n) is 8.58. The van der Waals surface area contributed by atoms with Crippen LogP contribution in [0.15, 0.2) is 97.1 Å². The average molecular weight is 950 g/mol. The maximum atomic E-state index is 16.5. The Kier molecular flexibility index (Phi) is 22.1. The molecular weight excluding hydrogens is 874 g/mol. The molecule has 0 aliphatic heterocycles. The van der Waals surface area contributed by atoms with Crippen LogP contribution in [0.2, 0.25) is 0 Å². The monoisotopic (exact) mass is 950 g/mol. The number of carbonyl (C=O) groups is 4. The first-order chi connectivity index (χ1) is 32.9. The van der Waals surface area contributed by atoms with Crippen LogP contribution < -0.4 is 10.5 Å². The van der Waals surface area contributed by atoms with Gasteiger partial charge in [0.1, 0.15) is 31.4 Å². The van der Waals surface area contributed by atoms with Crippen molar-refractivity contribution in [3.63, 3.8) is 0 Å². The number of nitrogens with two attached hydrogens (primary N) is 1. The quantitative estimate of drug-likeness (QED) is 0.0324. The van der Waals surface area contributed by atoms with E-state index in [-0.39, 0.29) is 56.5 Å². The summed E-state index contributed by atoms with van der Waals surface area (Å²) in [6.07, 6.45) is 12.2. The Morgan fingerprint density at radius 3 is 1.70 bits per heavy atom. The second-order valence-electron chi connectivity index (χ2n) is 19.0. The van der Waals surface area contributed by atoms with E-state index in [2.05, 4.69) is 58.4 Å². The highest BCUT2D eigenvalue weighted by Gasteiger charge is 2.35. The van der Waals surface area contributed by atoms with Crippen LogP contribution in [0.1, 0.15) is 134 Å². The molecule has 3 aromatic rings. The summed E-state index contributed by atoms with van der Waals surface area (Å²) in [6.45, 7) is 25.0. The normalized spacial score (nSPS) is 14.6. The zero-order valence-corrected chi connectivity index (χ0v) is 42.2. The van der Waals surface area contributed by atoms with Crippen molar-refractivity contribution in [1.29, 1.82) is 0 Å².